The summed E-state index contributed by atoms with van der Waals surface area (Å²) in [7, 11) is 1.76. The second-order valence-electron chi connectivity index (χ2n) is 3.23. The SMILES string of the molecule is CC(CN)N(C)C(=O)c1cc(I)c[nH]1. The van der Waals surface area contributed by atoms with Gasteiger partial charge in [-0.15, -0.1) is 0 Å². The van der Waals surface area contributed by atoms with Crippen molar-refractivity contribution in [3.05, 3.63) is 21.5 Å². The molecule has 0 bridgehead atoms. The van der Waals surface area contributed by atoms with Gasteiger partial charge in [0.2, 0.25) is 0 Å². The van der Waals surface area contributed by atoms with E-state index in [1.165, 1.54) is 0 Å². The van der Waals surface area contributed by atoms with Crippen LogP contribution in [-0.4, -0.2) is 35.4 Å². The van der Waals surface area contributed by atoms with Gasteiger partial charge in [-0.1, -0.05) is 0 Å². The molecule has 0 aliphatic rings. The number of rotatable bonds is 3. The Balaban J connectivity index is 2.75. The van der Waals surface area contributed by atoms with Crippen molar-refractivity contribution < 1.29 is 4.79 Å². The fraction of sp³-hybridized carbons (Fsp3) is 0.444. The van der Waals surface area contributed by atoms with Crippen LogP contribution in [0, 0.1) is 3.57 Å². The summed E-state index contributed by atoms with van der Waals surface area (Å²) < 4.78 is 1.03. The summed E-state index contributed by atoms with van der Waals surface area (Å²) in [6.07, 6.45) is 1.80. The van der Waals surface area contributed by atoms with Gasteiger partial charge in [0, 0.05) is 29.4 Å². The molecule has 1 aromatic rings. The van der Waals surface area contributed by atoms with Crippen LogP contribution in [0.1, 0.15) is 17.4 Å². The lowest BCUT2D eigenvalue weighted by molar-refractivity contribution is 0.0743. The van der Waals surface area contributed by atoms with E-state index in [9.17, 15) is 4.79 Å². The van der Waals surface area contributed by atoms with E-state index in [1.807, 2.05) is 13.0 Å². The molecule has 1 heterocycles. The molecule has 0 saturated heterocycles. The minimum absolute atomic E-state index is 0.0223. The van der Waals surface area contributed by atoms with Crippen molar-refractivity contribution in [2.75, 3.05) is 13.6 Å². The minimum atomic E-state index is -0.0223. The topological polar surface area (TPSA) is 62.1 Å². The molecule has 0 aliphatic heterocycles. The maximum Gasteiger partial charge on any atom is 0.270 e. The molecule has 1 atom stereocenters. The Morgan fingerprint density at radius 1 is 1.79 bits per heavy atom. The third-order valence-electron chi connectivity index (χ3n) is 2.20. The van der Waals surface area contributed by atoms with Gasteiger partial charge in [0.25, 0.3) is 5.91 Å². The fourth-order valence-electron chi connectivity index (χ4n) is 1.04. The number of nitrogens with one attached hydrogen (secondary N) is 1. The molecule has 1 rings (SSSR count). The van der Waals surface area contributed by atoms with Gasteiger partial charge in [-0.25, -0.2) is 0 Å². The number of H-pyrrole nitrogens is 1. The van der Waals surface area contributed by atoms with E-state index in [0.29, 0.717) is 12.2 Å². The number of nitrogens with zero attached hydrogens (tertiary/aromatic N) is 1. The molecule has 78 valence electrons. The monoisotopic (exact) mass is 307 g/mol. The molecule has 1 aromatic heterocycles. The molecule has 1 amide bonds. The van der Waals surface area contributed by atoms with Crippen LogP contribution in [0.3, 0.4) is 0 Å². The standard InChI is InChI=1S/C9H14IN3O/c1-6(4-11)13(2)9(14)8-3-7(10)5-12-8/h3,5-6,12H,4,11H2,1-2H3. The van der Waals surface area contributed by atoms with Gasteiger partial charge < -0.3 is 15.6 Å². The van der Waals surface area contributed by atoms with Gasteiger partial charge in [-0.3, -0.25) is 4.79 Å². The molecular formula is C9H14IN3O. The Hall–Kier alpha value is -0.560. The number of carbonyl (C=O) groups is 1. The number of halogens is 1. The normalized spacial score (nSPS) is 12.6. The zero-order valence-corrected chi connectivity index (χ0v) is 10.4. The van der Waals surface area contributed by atoms with Crippen LogP contribution in [0.15, 0.2) is 12.3 Å². The number of hydrogen-bond donors (Lipinski definition) is 2. The van der Waals surface area contributed by atoms with Crippen LogP contribution in [0.2, 0.25) is 0 Å². The van der Waals surface area contributed by atoms with Gasteiger partial charge in [0.15, 0.2) is 0 Å². The van der Waals surface area contributed by atoms with E-state index in [4.69, 9.17) is 5.73 Å². The maximum atomic E-state index is 11.8. The first-order chi connectivity index (χ1) is 6.56. The van der Waals surface area contributed by atoms with Crippen LogP contribution < -0.4 is 5.73 Å². The Kier molecular flexibility index (Phi) is 3.94. The average molecular weight is 307 g/mol. The lowest BCUT2D eigenvalue weighted by Crippen LogP contribution is -2.39. The predicted octanol–water partition coefficient (Wildman–Crippen LogP) is 1.04. The number of hydrogen-bond acceptors (Lipinski definition) is 2. The lowest BCUT2D eigenvalue weighted by atomic mass is 10.2. The highest BCUT2D eigenvalue weighted by atomic mass is 127. The van der Waals surface area contributed by atoms with Gasteiger partial charge in [0.1, 0.15) is 5.69 Å². The minimum Gasteiger partial charge on any atom is -0.356 e. The number of aromatic amines is 1. The van der Waals surface area contributed by atoms with Crippen molar-refractivity contribution >= 4 is 28.5 Å². The van der Waals surface area contributed by atoms with Crippen molar-refractivity contribution in [2.24, 2.45) is 5.73 Å². The van der Waals surface area contributed by atoms with Crippen molar-refractivity contribution in [3.63, 3.8) is 0 Å². The van der Waals surface area contributed by atoms with E-state index in [-0.39, 0.29) is 11.9 Å². The van der Waals surface area contributed by atoms with Crippen LogP contribution in [0.25, 0.3) is 0 Å². The molecule has 1 unspecified atom stereocenters. The van der Waals surface area contributed by atoms with Crippen molar-refractivity contribution in [3.8, 4) is 0 Å². The van der Waals surface area contributed by atoms with Crippen LogP contribution in [0.5, 0.6) is 0 Å². The molecule has 14 heavy (non-hydrogen) atoms. The summed E-state index contributed by atoms with van der Waals surface area (Å²) in [5, 5.41) is 0. The Morgan fingerprint density at radius 3 is 2.86 bits per heavy atom. The predicted molar refractivity (Wildman–Crippen MR) is 64.1 cm³/mol. The highest BCUT2D eigenvalue weighted by molar-refractivity contribution is 14.1. The van der Waals surface area contributed by atoms with E-state index in [1.54, 1.807) is 18.1 Å². The van der Waals surface area contributed by atoms with Gasteiger partial charge in [-0.05, 0) is 35.6 Å². The van der Waals surface area contributed by atoms with Crippen molar-refractivity contribution in [1.82, 2.24) is 9.88 Å². The van der Waals surface area contributed by atoms with E-state index in [0.717, 1.165) is 3.57 Å². The third kappa shape index (κ3) is 2.48. The Bertz CT molecular complexity index is 324. The molecule has 0 radical (unpaired) electrons. The number of aromatic nitrogens is 1. The first kappa shape index (κ1) is 11.5. The van der Waals surface area contributed by atoms with Gasteiger partial charge >= 0.3 is 0 Å². The largest absolute Gasteiger partial charge is 0.356 e. The number of amides is 1. The molecule has 3 N–H and O–H groups in total. The molecular weight excluding hydrogens is 293 g/mol. The number of likely N-dealkylation sites (N-methyl/N-ethyl adjacent to an activating group) is 1. The fourth-order valence-corrected chi connectivity index (χ4v) is 1.51. The Morgan fingerprint density at radius 2 is 2.43 bits per heavy atom. The first-order valence-electron chi connectivity index (χ1n) is 4.37. The van der Waals surface area contributed by atoms with E-state index >= 15 is 0 Å². The zero-order chi connectivity index (χ0) is 10.7. The molecule has 0 aliphatic carbocycles. The molecule has 0 fully saturated rings. The average Bonchev–Trinajstić information content (AvgIpc) is 2.61. The summed E-state index contributed by atoms with van der Waals surface area (Å²) in [6.45, 7) is 2.39. The Labute approximate surface area is 97.0 Å². The summed E-state index contributed by atoms with van der Waals surface area (Å²) in [5.74, 6) is -0.0223. The smallest absolute Gasteiger partial charge is 0.270 e. The van der Waals surface area contributed by atoms with Crippen LogP contribution in [-0.2, 0) is 0 Å². The maximum absolute atomic E-state index is 11.8. The molecule has 0 spiro atoms. The molecule has 4 nitrogen and oxygen atoms in total. The first-order valence-corrected chi connectivity index (χ1v) is 5.45. The lowest BCUT2D eigenvalue weighted by Gasteiger charge is -2.22. The van der Waals surface area contributed by atoms with E-state index < -0.39 is 0 Å². The van der Waals surface area contributed by atoms with Crippen molar-refractivity contribution in [1.29, 1.82) is 0 Å². The van der Waals surface area contributed by atoms with Crippen LogP contribution >= 0.6 is 22.6 Å². The zero-order valence-electron chi connectivity index (χ0n) is 8.25. The van der Waals surface area contributed by atoms with Crippen molar-refractivity contribution in [2.45, 2.75) is 13.0 Å². The second kappa shape index (κ2) is 4.79. The highest BCUT2D eigenvalue weighted by Gasteiger charge is 2.17. The summed E-state index contributed by atoms with van der Waals surface area (Å²) in [4.78, 5) is 16.4. The number of carbonyl (C=O) groups excluding carboxylic acids is 1. The molecule has 0 aromatic carbocycles. The van der Waals surface area contributed by atoms with E-state index in [2.05, 4.69) is 27.6 Å². The van der Waals surface area contributed by atoms with Gasteiger partial charge in [-0.2, -0.15) is 0 Å². The third-order valence-corrected chi connectivity index (χ3v) is 2.82. The summed E-state index contributed by atoms with van der Waals surface area (Å²) in [5.41, 5.74) is 6.10. The number of nitrogens with two attached hydrogens (primary N) is 1. The van der Waals surface area contributed by atoms with Crippen LogP contribution in [0.4, 0.5) is 0 Å². The summed E-state index contributed by atoms with van der Waals surface area (Å²) in [6, 6.07) is 1.88. The second-order valence-corrected chi connectivity index (χ2v) is 4.48. The molecule has 5 heteroatoms. The molecule has 0 saturated carbocycles. The summed E-state index contributed by atoms with van der Waals surface area (Å²) >= 11 is 2.16. The highest BCUT2D eigenvalue weighted by Crippen LogP contribution is 2.09. The van der Waals surface area contributed by atoms with Gasteiger partial charge in [0.05, 0.1) is 0 Å². The quantitative estimate of drug-likeness (QED) is 0.820.